The Morgan fingerprint density at radius 2 is 1.76 bits per heavy atom. The summed E-state index contributed by atoms with van der Waals surface area (Å²) in [5.74, 6) is -0.537. The molecular formula is C27H24FN3O2. The first kappa shape index (κ1) is 20.9. The van der Waals surface area contributed by atoms with Crippen molar-refractivity contribution in [1.29, 1.82) is 0 Å². The van der Waals surface area contributed by atoms with Crippen LogP contribution in [0, 0.1) is 5.82 Å². The summed E-state index contributed by atoms with van der Waals surface area (Å²) in [7, 11) is 0. The number of anilines is 1. The standard InChI is InChI=1S/C27H24FN3O2/c28-19-10-8-17(9-11-19)26-23(22-6-1-2-7-24(22)31-26)14-15-25(32)29-21-5-3-4-18(16-21)27(33)30-20-12-13-20/h1-11,16,20,31H,12-15H2,(H,29,32)(H,30,33). The van der Waals surface area contributed by atoms with Gasteiger partial charge in [-0.15, -0.1) is 0 Å². The summed E-state index contributed by atoms with van der Waals surface area (Å²) in [6, 6.07) is 21.5. The van der Waals surface area contributed by atoms with Gasteiger partial charge in [-0.3, -0.25) is 9.59 Å². The number of amides is 2. The lowest BCUT2D eigenvalue weighted by Gasteiger charge is -2.09. The third-order valence-corrected chi connectivity index (χ3v) is 5.87. The first-order valence-corrected chi connectivity index (χ1v) is 11.1. The normalized spacial score (nSPS) is 13.1. The van der Waals surface area contributed by atoms with Gasteiger partial charge in [-0.25, -0.2) is 4.39 Å². The molecular weight excluding hydrogens is 417 g/mol. The van der Waals surface area contributed by atoms with E-state index < -0.39 is 0 Å². The van der Waals surface area contributed by atoms with E-state index in [1.165, 1.54) is 12.1 Å². The van der Waals surface area contributed by atoms with E-state index >= 15 is 0 Å². The van der Waals surface area contributed by atoms with Crippen molar-refractivity contribution < 1.29 is 14.0 Å². The Hall–Kier alpha value is -3.93. The number of aryl methyl sites for hydroxylation is 1. The number of carbonyl (C=O) groups is 2. The quantitative estimate of drug-likeness (QED) is 0.357. The lowest BCUT2D eigenvalue weighted by Crippen LogP contribution is -2.25. The monoisotopic (exact) mass is 441 g/mol. The number of hydrogen-bond donors (Lipinski definition) is 3. The Balaban J connectivity index is 1.31. The Morgan fingerprint density at radius 3 is 2.55 bits per heavy atom. The molecule has 3 N–H and O–H groups in total. The van der Waals surface area contributed by atoms with Crippen LogP contribution in [0.4, 0.5) is 10.1 Å². The maximum atomic E-state index is 13.4. The molecule has 1 aromatic heterocycles. The topological polar surface area (TPSA) is 74.0 Å². The zero-order chi connectivity index (χ0) is 22.8. The predicted octanol–water partition coefficient (Wildman–Crippen LogP) is 5.44. The second-order valence-corrected chi connectivity index (χ2v) is 8.41. The highest BCUT2D eigenvalue weighted by molar-refractivity contribution is 5.98. The van der Waals surface area contributed by atoms with E-state index in [-0.39, 0.29) is 30.1 Å². The molecule has 5 rings (SSSR count). The Labute approximate surface area is 191 Å². The highest BCUT2D eigenvalue weighted by atomic mass is 19.1. The van der Waals surface area contributed by atoms with Crippen molar-refractivity contribution in [3.8, 4) is 11.3 Å². The smallest absolute Gasteiger partial charge is 0.251 e. The molecule has 0 bridgehead atoms. The van der Waals surface area contributed by atoms with Gasteiger partial charge in [0.1, 0.15) is 5.82 Å². The number of rotatable bonds is 7. The largest absolute Gasteiger partial charge is 0.354 e. The molecule has 0 aliphatic heterocycles. The van der Waals surface area contributed by atoms with Crippen molar-refractivity contribution >= 4 is 28.4 Å². The fourth-order valence-corrected chi connectivity index (χ4v) is 4.02. The maximum absolute atomic E-state index is 13.4. The fourth-order valence-electron chi connectivity index (χ4n) is 4.02. The number of aromatic nitrogens is 1. The first-order valence-electron chi connectivity index (χ1n) is 11.1. The molecule has 3 aromatic carbocycles. The molecule has 6 heteroatoms. The van der Waals surface area contributed by atoms with Crippen LogP contribution in [0.25, 0.3) is 22.2 Å². The summed E-state index contributed by atoms with van der Waals surface area (Å²) in [5, 5.41) is 6.91. The van der Waals surface area contributed by atoms with Crippen LogP contribution in [0.15, 0.2) is 72.8 Å². The van der Waals surface area contributed by atoms with Crippen LogP contribution in [0.1, 0.15) is 35.2 Å². The van der Waals surface area contributed by atoms with Gasteiger partial charge >= 0.3 is 0 Å². The molecule has 33 heavy (non-hydrogen) atoms. The average Bonchev–Trinajstić information content (AvgIpc) is 3.56. The number of aromatic amines is 1. The molecule has 4 aromatic rings. The molecule has 0 saturated heterocycles. The number of hydrogen-bond acceptors (Lipinski definition) is 2. The predicted molar refractivity (Wildman–Crippen MR) is 128 cm³/mol. The highest BCUT2D eigenvalue weighted by Gasteiger charge is 2.24. The van der Waals surface area contributed by atoms with Gasteiger partial charge in [-0.1, -0.05) is 24.3 Å². The number of fused-ring (bicyclic) bond motifs is 1. The van der Waals surface area contributed by atoms with Gasteiger partial charge < -0.3 is 15.6 Å². The Kier molecular flexibility index (Phi) is 5.65. The van der Waals surface area contributed by atoms with Crippen molar-refractivity contribution in [3.05, 3.63) is 89.7 Å². The molecule has 0 atom stereocenters. The molecule has 1 heterocycles. The third-order valence-electron chi connectivity index (χ3n) is 5.87. The molecule has 0 radical (unpaired) electrons. The SMILES string of the molecule is O=C(CCc1c(-c2ccc(F)cc2)[nH]c2ccccc12)Nc1cccc(C(=O)NC2CC2)c1. The van der Waals surface area contributed by atoms with Gasteiger partial charge in [0.05, 0.1) is 0 Å². The fraction of sp³-hybridized carbons (Fsp3) is 0.185. The van der Waals surface area contributed by atoms with E-state index in [9.17, 15) is 14.0 Å². The minimum absolute atomic E-state index is 0.115. The second-order valence-electron chi connectivity index (χ2n) is 8.41. The molecule has 1 fully saturated rings. The van der Waals surface area contributed by atoms with Crippen molar-refractivity contribution in [1.82, 2.24) is 10.3 Å². The maximum Gasteiger partial charge on any atom is 0.251 e. The average molecular weight is 442 g/mol. The van der Waals surface area contributed by atoms with Gasteiger partial charge in [-0.2, -0.15) is 0 Å². The summed E-state index contributed by atoms with van der Waals surface area (Å²) in [5.41, 5.74) is 4.89. The van der Waals surface area contributed by atoms with E-state index in [2.05, 4.69) is 15.6 Å². The highest BCUT2D eigenvalue weighted by Crippen LogP contribution is 2.31. The minimum atomic E-state index is -0.288. The van der Waals surface area contributed by atoms with Crippen molar-refractivity contribution in [2.24, 2.45) is 0 Å². The lowest BCUT2D eigenvalue weighted by molar-refractivity contribution is -0.116. The van der Waals surface area contributed by atoms with Crippen molar-refractivity contribution in [2.45, 2.75) is 31.7 Å². The molecule has 1 aliphatic carbocycles. The van der Waals surface area contributed by atoms with Crippen LogP contribution in [0.3, 0.4) is 0 Å². The Morgan fingerprint density at radius 1 is 0.970 bits per heavy atom. The molecule has 1 aliphatic rings. The molecule has 1 saturated carbocycles. The number of para-hydroxylation sites is 1. The van der Waals surface area contributed by atoms with E-state index in [1.54, 1.807) is 36.4 Å². The van der Waals surface area contributed by atoms with Gasteiger partial charge in [0.15, 0.2) is 0 Å². The number of carbonyl (C=O) groups excluding carboxylic acids is 2. The van der Waals surface area contributed by atoms with Crippen molar-refractivity contribution in [3.63, 3.8) is 0 Å². The van der Waals surface area contributed by atoms with Gasteiger partial charge in [-0.05, 0) is 78.9 Å². The third kappa shape index (κ3) is 4.80. The van der Waals surface area contributed by atoms with Gasteiger partial charge in [0.2, 0.25) is 5.91 Å². The summed E-state index contributed by atoms with van der Waals surface area (Å²) in [6.45, 7) is 0. The van der Waals surface area contributed by atoms with Gasteiger partial charge in [0, 0.05) is 40.3 Å². The molecule has 0 spiro atoms. The second kappa shape index (κ2) is 8.90. The summed E-state index contributed by atoms with van der Waals surface area (Å²) >= 11 is 0. The molecule has 5 nitrogen and oxygen atoms in total. The Bertz CT molecular complexity index is 1320. The zero-order valence-electron chi connectivity index (χ0n) is 18.0. The number of benzene rings is 3. The summed E-state index contributed by atoms with van der Waals surface area (Å²) in [6.07, 6.45) is 2.84. The van der Waals surface area contributed by atoms with E-state index in [0.717, 1.165) is 40.6 Å². The van der Waals surface area contributed by atoms with Crippen LogP contribution in [0.2, 0.25) is 0 Å². The van der Waals surface area contributed by atoms with Gasteiger partial charge in [0.25, 0.3) is 5.91 Å². The summed E-state index contributed by atoms with van der Waals surface area (Å²) in [4.78, 5) is 28.4. The van der Waals surface area contributed by atoms with Crippen LogP contribution in [0.5, 0.6) is 0 Å². The molecule has 2 amide bonds. The van der Waals surface area contributed by atoms with E-state index in [0.29, 0.717) is 17.7 Å². The molecule has 0 unspecified atom stereocenters. The van der Waals surface area contributed by atoms with Crippen LogP contribution in [-0.4, -0.2) is 22.8 Å². The lowest BCUT2D eigenvalue weighted by atomic mass is 10.0. The number of halogens is 1. The number of nitrogens with one attached hydrogen (secondary N) is 3. The van der Waals surface area contributed by atoms with E-state index in [4.69, 9.17) is 0 Å². The van der Waals surface area contributed by atoms with Crippen LogP contribution >= 0.6 is 0 Å². The summed E-state index contributed by atoms with van der Waals surface area (Å²) < 4.78 is 13.4. The van der Waals surface area contributed by atoms with Crippen molar-refractivity contribution in [2.75, 3.05) is 5.32 Å². The van der Waals surface area contributed by atoms with Crippen LogP contribution in [-0.2, 0) is 11.2 Å². The number of H-pyrrole nitrogens is 1. The van der Waals surface area contributed by atoms with E-state index in [1.807, 2.05) is 24.3 Å². The zero-order valence-corrected chi connectivity index (χ0v) is 18.0. The molecule has 166 valence electrons. The first-order chi connectivity index (χ1) is 16.1. The minimum Gasteiger partial charge on any atom is -0.354 e. The van der Waals surface area contributed by atoms with Crippen LogP contribution < -0.4 is 10.6 Å².